The maximum Gasteiger partial charge on any atom is 0.220 e. The van der Waals surface area contributed by atoms with E-state index in [2.05, 4.69) is 55.5 Å². The zero-order valence-electron chi connectivity index (χ0n) is 16.0. The Labute approximate surface area is 172 Å². The van der Waals surface area contributed by atoms with Crippen LogP contribution in [0.2, 0.25) is 0 Å². The quantitative estimate of drug-likeness (QED) is 0.218. The summed E-state index contributed by atoms with van der Waals surface area (Å²) in [7, 11) is 1.67. The Morgan fingerprint density at radius 2 is 2.19 bits per heavy atom. The molecule has 0 aliphatic carbocycles. The van der Waals surface area contributed by atoms with Gasteiger partial charge in [-0.2, -0.15) is 5.10 Å². The van der Waals surface area contributed by atoms with Gasteiger partial charge < -0.3 is 15.4 Å². The Balaban J connectivity index is 2.14. The first-order chi connectivity index (χ1) is 13.0. The molecule has 0 radical (unpaired) electrons. The predicted molar refractivity (Wildman–Crippen MR) is 113 cm³/mol. The van der Waals surface area contributed by atoms with Gasteiger partial charge in [-0.05, 0) is 6.42 Å². The number of methoxy groups -OCH3 is 1. The molecule has 0 saturated heterocycles. The molecule has 0 spiro atoms. The number of nitrogens with zero attached hydrogens (tertiary/aromatic N) is 4. The van der Waals surface area contributed by atoms with Crippen LogP contribution in [0.15, 0.2) is 11.4 Å². The zero-order valence-corrected chi connectivity index (χ0v) is 18.4. The van der Waals surface area contributed by atoms with E-state index < -0.39 is 0 Å². The average molecular weight is 459 g/mol. The van der Waals surface area contributed by atoms with Gasteiger partial charge in [-0.15, -0.1) is 0 Å². The molecule has 0 saturated carbocycles. The van der Waals surface area contributed by atoms with Crippen molar-refractivity contribution in [3.8, 4) is 0 Å². The van der Waals surface area contributed by atoms with Gasteiger partial charge in [-0.1, -0.05) is 41.5 Å². The van der Waals surface area contributed by atoms with Crippen molar-refractivity contribution in [2.45, 2.75) is 43.6 Å². The zero-order chi connectivity index (χ0) is 19.6. The van der Waals surface area contributed by atoms with Crippen molar-refractivity contribution in [1.29, 1.82) is 0 Å². The monoisotopic (exact) mass is 458 g/mol. The smallest absolute Gasteiger partial charge is 0.220 e. The van der Waals surface area contributed by atoms with Crippen LogP contribution in [0.4, 0.5) is 5.82 Å². The molecule has 8 nitrogen and oxygen atoms in total. The van der Waals surface area contributed by atoms with Crippen molar-refractivity contribution in [2.75, 3.05) is 37.5 Å². The predicted octanol–water partition coefficient (Wildman–Crippen LogP) is 2.68. The molecule has 0 atom stereocenters. The van der Waals surface area contributed by atoms with Gasteiger partial charge in [0.1, 0.15) is 5.82 Å². The molecule has 0 aromatic carbocycles. The van der Waals surface area contributed by atoms with Crippen LogP contribution in [-0.4, -0.2) is 63.0 Å². The van der Waals surface area contributed by atoms with Gasteiger partial charge in [0.15, 0.2) is 10.8 Å². The molecule has 0 fully saturated rings. The van der Waals surface area contributed by atoms with Crippen LogP contribution in [-0.2, 0) is 16.1 Å². The average Bonchev–Trinajstić information content (AvgIpc) is 3.03. The second kappa shape index (κ2) is 11.5. The van der Waals surface area contributed by atoms with Crippen molar-refractivity contribution in [2.24, 2.45) is 0 Å². The highest BCUT2D eigenvalue weighted by Crippen LogP contribution is 2.26. The number of alkyl halides is 1. The molecular weight excluding hydrogens is 432 g/mol. The van der Waals surface area contributed by atoms with Crippen LogP contribution in [0.5, 0.6) is 0 Å². The molecule has 2 rings (SSSR count). The van der Waals surface area contributed by atoms with Crippen LogP contribution < -0.4 is 10.6 Å². The Hall–Kier alpha value is -1.39. The number of aromatic nitrogens is 4. The molecule has 2 heterocycles. The fraction of sp³-hybridized carbons (Fsp3) is 0.647. The maximum atomic E-state index is 11.8. The third-order valence-corrected chi connectivity index (χ3v) is 5.02. The Kier molecular flexibility index (Phi) is 9.29. The van der Waals surface area contributed by atoms with E-state index in [9.17, 15) is 4.79 Å². The molecule has 0 aliphatic heterocycles. The van der Waals surface area contributed by atoms with Crippen molar-refractivity contribution in [3.05, 3.63) is 6.20 Å². The normalized spacial score (nSPS) is 11.3. The van der Waals surface area contributed by atoms with Crippen LogP contribution in [0, 0.1) is 0 Å². The number of anilines is 1. The summed E-state index contributed by atoms with van der Waals surface area (Å²) in [6.07, 6.45) is 3.12. The lowest BCUT2D eigenvalue weighted by Crippen LogP contribution is -2.27. The summed E-state index contributed by atoms with van der Waals surface area (Å²) in [5.41, 5.74) is 0.766. The standard InChI is InChI=1S/C17H27BrN6O2S/c1-12(2)27-17-22-15(20-8-10-26-3)13-11-21-24(16(13)23-17)9-7-19-14(25)5-4-6-18/h11-12H,4-10H2,1-3H3,(H,19,25)(H,20,22,23). The lowest BCUT2D eigenvalue weighted by atomic mass is 10.3. The van der Waals surface area contributed by atoms with E-state index in [4.69, 9.17) is 4.74 Å². The summed E-state index contributed by atoms with van der Waals surface area (Å²) < 4.78 is 6.92. The van der Waals surface area contributed by atoms with Crippen molar-refractivity contribution < 1.29 is 9.53 Å². The van der Waals surface area contributed by atoms with Crippen LogP contribution in [0.3, 0.4) is 0 Å². The van der Waals surface area contributed by atoms with E-state index in [1.54, 1.807) is 25.1 Å². The summed E-state index contributed by atoms with van der Waals surface area (Å²) in [6.45, 7) is 6.53. The third-order valence-electron chi connectivity index (χ3n) is 3.60. The molecule has 150 valence electrons. The van der Waals surface area contributed by atoms with Crippen LogP contribution in [0.1, 0.15) is 26.7 Å². The van der Waals surface area contributed by atoms with Crippen LogP contribution in [0.25, 0.3) is 11.0 Å². The number of nitrogens with one attached hydrogen (secondary N) is 2. The number of fused-ring (bicyclic) bond motifs is 1. The summed E-state index contributed by atoms with van der Waals surface area (Å²) >= 11 is 4.94. The fourth-order valence-electron chi connectivity index (χ4n) is 2.39. The van der Waals surface area contributed by atoms with Crippen molar-refractivity contribution in [1.82, 2.24) is 25.1 Å². The number of halogens is 1. The van der Waals surface area contributed by atoms with E-state index in [0.717, 1.165) is 28.6 Å². The van der Waals surface area contributed by atoms with Crippen molar-refractivity contribution >= 4 is 50.5 Å². The molecule has 2 aromatic heterocycles. The minimum atomic E-state index is 0.0542. The highest BCUT2D eigenvalue weighted by atomic mass is 79.9. The van der Waals surface area contributed by atoms with Gasteiger partial charge in [-0.3, -0.25) is 4.79 Å². The Morgan fingerprint density at radius 3 is 2.89 bits per heavy atom. The fourth-order valence-corrected chi connectivity index (χ4v) is 3.37. The first kappa shape index (κ1) is 21.9. The SMILES string of the molecule is COCCNc1nc(SC(C)C)nc2c1cnn2CCNC(=O)CCCBr. The lowest BCUT2D eigenvalue weighted by molar-refractivity contribution is -0.121. The van der Waals surface area contributed by atoms with Gasteiger partial charge in [0.2, 0.25) is 5.91 Å². The molecule has 1 amide bonds. The molecule has 2 aromatic rings. The number of carbonyl (C=O) groups excluding carboxylic acids is 1. The summed E-state index contributed by atoms with van der Waals surface area (Å²) in [4.78, 5) is 21.1. The van der Waals surface area contributed by atoms with E-state index in [-0.39, 0.29) is 5.91 Å². The summed E-state index contributed by atoms with van der Waals surface area (Å²) in [5.74, 6) is 0.811. The second-order valence-electron chi connectivity index (χ2n) is 6.19. The number of carbonyl (C=O) groups is 1. The van der Waals surface area contributed by atoms with E-state index >= 15 is 0 Å². The summed E-state index contributed by atoms with van der Waals surface area (Å²) in [6, 6.07) is 0. The topological polar surface area (TPSA) is 94.0 Å². The highest BCUT2D eigenvalue weighted by molar-refractivity contribution is 9.09. The molecule has 0 bridgehead atoms. The second-order valence-corrected chi connectivity index (χ2v) is 8.53. The van der Waals surface area contributed by atoms with Gasteiger partial charge in [0.05, 0.1) is 24.7 Å². The lowest BCUT2D eigenvalue weighted by Gasteiger charge is -2.10. The molecule has 10 heteroatoms. The number of hydrogen-bond acceptors (Lipinski definition) is 7. The van der Waals surface area contributed by atoms with Gasteiger partial charge in [0, 0.05) is 37.2 Å². The van der Waals surface area contributed by atoms with Crippen molar-refractivity contribution in [3.63, 3.8) is 0 Å². The minimum Gasteiger partial charge on any atom is -0.383 e. The number of hydrogen-bond donors (Lipinski definition) is 2. The van der Waals surface area contributed by atoms with Gasteiger partial charge >= 0.3 is 0 Å². The minimum absolute atomic E-state index is 0.0542. The third kappa shape index (κ3) is 6.93. The number of ether oxygens (including phenoxy) is 1. The highest BCUT2D eigenvalue weighted by Gasteiger charge is 2.14. The molecule has 27 heavy (non-hydrogen) atoms. The largest absolute Gasteiger partial charge is 0.383 e. The first-order valence-electron chi connectivity index (χ1n) is 9.00. The number of amides is 1. The molecule has 2 N–H and O–H groups in total. The molecule has 0 aliphatic rings. The van der Waals surface area contributed by atoms with Crippen LogP contribution >= 0.6 is 27.7 Å². The van der Waals surface area contributed by atoms with E-state index in [0.29, 0.717) is 43.1 Å². The maximum absolute atomic E-state index is 11.8. The van der Waals surface area contributed by atoms with E-state index in [1.165, 1.54) is 0 Å². The summed E-state index contributed by atoms with van der Waals surface area (Å²) in [5, 5.41) is 13.4. The Bertz CT molecular complexity index is 740. The number of thioether (sulfide) groups is 1. The molecule has 0 unspecified atom stereocenters. The first-order valence-corrected chi connectivity index (χ1v) is 11.0. The van der Waals surface area contributed by atoms with Gasteiger partial charge in [-0.25, -0.2) is 14.6 Å². The molecular formula is C17H27BrN6O2S. The van der Waals surface area contributed by atoms with Gasteiger partial charge in [0.25, 0.3) is 0 Å². The van der Waals surface area contributed by atoms with E-state index in [1.807, 2.05) is 4.68 Å². The Morgan fingerprint density at radius 1 is 1.37 bits per heavy atom. The number of rotatable bonds is 12.